The molecule has 0 radical (unpaired) electrons. The van der Waals surface area contributed by atoms with Gasteiger partial charge in [-0.05, 0) is 42.3 Å². The third kappa shape index (κ3) is 5.14. The van der Waals surface area contributed by atoms with E-state index in [4.69, 9.17) is 16.0 Å². The Morgan fingerprint density at radius 3 is 2.72 bits per heavy atom. The average molecular weight is 421 g/mol. The Morgan fingerprint density at radius 2 is 1.96 bits per heavy atom. The molecule has 3 aromatic rings. The molecule has 0 aliphatic heterocycles. The SMILES string of the molecule is O=C(Cc1nnc(-c2cccc(Br)c2)o1)NCCc1ccc(Cl)cc1. The van der Waals surface area contributed by atoms with Gasteiger partial charge in [0.05, 0.1) is 0 Å². The Bertz CT molecular complexity index is 865. The van der Waals surface area contributed by atoms with Crippen molar-refractivity contribution in [3.8, 4) is 11.5 Å². The number of carbonyl (C=O) groups excluding carboxylic acids is 1. The van der Waals surface area contributed by atoms with E-state index in [2.05, 4.69) is 31.4 Å². The van der Waals surface area contributed by atoms with Gasteiger partial charge >= 0.3 is 0 Å². The van der Waals surface area contributed by atoms with E-state index >= 15 is 0 Å². The Labute approximate surface area is 158 Å². The van der Waals surface area contributed by atoms with Crippen LogP contribution in [0.2, 0.25) is 5.02 Å². The number of halogens is 2. The van der Waals surface area contributed by atoms with Crippen molar-refractivity contribution < 1.29 is 9.21 Å². The van der Waals surface area contributed by atoms with Gasteiger partial charge < -0.3 is 9.73 Å². The maximum atomic E-state index is 12.0. The van der Waals surface area contributed by atoms with Crippen LogP contribution in [0.1, 0.15) is 11.5 Å². The van der Waals surface area contributed by atoms with Crippen molar-refractivity contribution in [2.45, 2.75) is 12.8 Å². The minimum atomic E-state index is -0.154. The molecule has 0 spiro atoms. The smallest absolute Gasteiger partial charge is 0.247 e. The highest BCUT2D eigenvalue weighted by atomic mass is 79.9. The highest BCUT2D eigenvalue weighted by Gasteiger charge is 2.12. The Balaban J connectivity index is 1.50. The van der Waals surface area contributed by atoms with E-state index in [-0.39, 0.29) is 12.3 Å². The van der Waals surface area contributed by atoms with E-state index in [1.54, 1.807) is 0 Å². The zero-order chi connectivity index (χ0) is 17.6. The molecule has 0 aliphatic rings. The lowest BCUT2D eigenvalue weighted by Crippen LogP contribution is -2.27. The second-order valence-corrected chi connectivity index (χ2v) is 6.77. The van der Waals surface area contributed by atoms with Crippen molar-refractivity contribution in [1.82, 2.24) is 15.5 Å². The molecular weight excluding hydrogens is 406 g/mol. The van der Waals surface area contributed by atoms with Crippen LogP contribution in [0.3, 0.4) is 0 Å². The number of carbonyl (C=O) groups is 1. The van der Waals surface area contributed by atoms with E-state index < -0.39 is 0 Å². The summed E-state index contributed by atoms with van der Waals surface area (Å²) in [5, 5.41) is 11.5. The van der Waals surface area contributed by atoms with E-state index in [0.717, 1.165) is 22.0 Å². The number of benzene rings is 2. The molecule has 0 saturated carbocycles. The fourth-order valence-electron chi connectivity index (χ4n) is 2.26. The van der Waals surface area contributed by atoms with Gasteiger partial charge in [0.2, 0.25) is 17.7 Å². The van der Waals surface area contributed by atoms with Gasteiger partial charge in [-0.2, -0.15) is 0 Å². The number of nitrogens with zero attached hydrogens (tertiary/aromatic N) is 2. The third-order valence-corrected chi connectivity index (χ3v) is 4.24. The summed E-state index contributed by atoms with van der Waals surface area (Å²) < 4.78 is 6.48. The first-order chi connectivity index (χ1) is 12.1. The first-order valence-electron chi connectivity index (χ1n) is 7.69. The molecule has 2 aromatic carbocycles. The normalized spacial score (nSPS) is 10.6. The summed E-state index contributed by atoms with van der Waals surface area (Å²) in [6, 6.07) is 15.1. The molecule has 0 bridgehead atoms. The van der Waals surface area contributed by atoms with Crippen LogP contribution < -0.4 is 5.32 Å². The van der Waals surface area contributed by atoms with Gasteiger partial charge in [0.15, 0.2) is 0 Å². The van der Waals surface area contributed by atoms with Crippen molar-refractivity contribution in [2.75, 3.05) is 6.54 Å². The van der Waals surface area contributed by atoms with Crippen LogP contribution in [0.5, 0.6) is 0 Å². The van der Waals surface area contributed by atoms with Crippen LogP contribution in [0.4, 0.5) is 0 Å². The first kappa shape index (κ1) is 17.6. The van der Waals surface area contributed by atoms with Crippen molar-refractivity contribution in [2.24, 2.45) is 0 Å². The van der Waals surface area contributed by atoms with Gasteiger partial charge in [0.1, 0.15) is 6.42 Å². The van der Waals surface area contributed by atoms with Crippen molar-refractivity contribution in [3.05, 3.63) is 69.5 Å². The van der Waals surface area contributed by atoms with Gasteiger partial charge in [0, 0.05) is 21.6 Å². The Morgan fingerprint density at radius 1 is 1.16 bits per heavy atom. The molecule has 1 aromatic heterocycles. The van der Waals surface area contributed by atoms with E-state index in [9.17, 15) is 4.79 Å². The topological polar surface area (TPSA) is 68.0 Å². The van der Waals surface area contributed by atoms with Crippen LogP contribution >= 0.6 is 27.5 Å². The largest absolute Gasteiger partial charge is 0.420 e. The molecule has 0 atom stereocenters. The summed E-state index contributed by atoms with van der Waals surface area (Å²) in [5.74, 6) is 0.530. The highest BCUT2D eigenvalue weighted by Crippen LogP contribution is 2.21. The minimum absolute atomic E-state index is 0.0572. The Hall–Kier alpha value is -2.18. The van der Waals surface area contributed by atoms with Crippen molar-refractivity contribution in [3.63, 3.8) is 0 Å². The van der Waals surface area contributed by atoms with Crippen LogP contribution in [0, 0.1) is 0 Å². The second kappa shape index (κ2) is 8.27. The van der Waals surface area contributed by atoms with Crippen molar-refractivity contribution >= 4 is 33.4 Å². The number of aromatic nitrogens is 2. The molecule has 1 heterocycles. The van der Waals surface area contributed by atoms with Crippen LogP contribution in [-0.2, 0) is 17.6 Å². The zero-order valence-corrected chi connectivity index (χ0v) is 15.5. The third-order valence-electron chi connectivity index (χ3n) is 3.50. The molecule has 1 amide bonds. The lowest BCUT2D eigenvalue weighted by Gasteiger charge is -2.04. The van der Waals surface area contributed by atoms with Gasteiger partial charge in [0.25, 0.3) is 0 Å². The quantitative estimate of drug-likeness (QED) is 0.653. The molecule has 25 heavy (non-hydrogen) atoms. The molecule has 1 N–H and O–H groups in total. The van der Waals surface area contributed by atoms with Crippen LogP contribution in [0.25, 0.3) is 11.5 Å². The summed E-state index contributed by atoms with van der Waals surface area (Å²) in [7, 11) is 0. The number of amides is 1. The van der Waals surface area contributed by atoms with Gasteiger partial charge in [-0.1, -0.05) is 45.7 Å². The maximum absolute atomic E-state index is 12.0. The number of rotatable bonds is 6. The summed E-state index contributed by atoms with van der Waals surface area (Å²) in [4.78, 5) is 12.0. The number of hydrogen-bond acceptors (Lipinski definition) is 4. The lowest BCUT2D eigenvalue weighted by molar-refractivity contribution is -0.120. The predicted molar refractivity (Wildman–Crippen MR) is 99.3 cm³/mol. The van der Waals surface area contributed by atoms with E-state index in [1.165, 1.54) is 0 Å². The second-order valence-electron chi connectivity index (χ2n) is 5.41. The van der Waals surface area contributed by atoms with Gasteiger partial charge in [-0.25, -0.2) is 0 Å². The molecule has 0 fully saturated rings. The number of nitrogens with one attached hydrogen (secondary N) is 1. The van der Waals surface area contributed by atoms with Gasteiger partial charge in [-0.15, -0.1) is 10.2 Å². The molecule has 7 heteroatoms. The lowest BCUT2D eigenvalue weighted by atomic mass is 10.1. The van der Waals surface area contributed by atoms with Crippen LogP contribution in [-0.4, -0.2) is 22.6 Å². The molecule has 0 unspecified atom stereocenters. The fourth-order valence-corrected chi connectivity index (χ4v) is 2.79. The molecule has 5 nitrogen and oxygen atoms in total. The molecule has 3 rings (SSSR count). The predicted octanol–water partition coefficient (Wildman–Crippen LogP) is 4.05. The molecule has 0 saturated heterocycles. The summed E-state index contributed by atoms with van der Waals surface area (Å²) in [6.07, 6.45) is 0.789. The first-order valence-corrected chi connectivity index (χ1v) is 8.87. The Kier molecular flexibility index (Phi) is 5.83. The monoisotopic (exact) mass is 419 g/mol. The van der Waals surface area contributed by atoms with Gasteiger partial charge in [-0.3, -0.25) is 4.79 Å². The zero-order valence-electron chi connectivity index (χ0n) is 13.2. The van der Waals surface area contributed by atoms with E-state index in [0.29, 0.717) is 23.3 Å². The molecule has 0 aliphatic carbocycles. The van der Waals surface area contributed by atoms with Crippen LogP contribution in [0.15, 0.2) is 57.4 Å². The summed E-state index contributed by atoms with van der Waals surface area (Å²) in [6.45, 7) is 0.535. The molecular formula is C18H15BrClN3O2. The average Bonchev–Trinajstić information content (AvgIpc) is 3.05. The highest BCUT2D eigenvalue weighted by molar-refractivity contribution is 9.10. The fraction of sp³-hybridized carbons (Fsp3) is 0.167. The molecule has 128 valence electrons. The van der Waals surface area contributed by atoms with E-state index in [1.807, 2.05) is 48.5 Å². The maximum Gasteiger partial charge on any atom is 0.247 e. The minimum Gasteiger partial charge on any atom is -0.420 e. The van der Waals surface area contributed by atoms with Crippen molar-refractivity contribution in [1.29, 1.82) is 0 Å². The standard InChI is InChI=1S/C18H15BrClN3O2/c19-14-3-1-2-13(10-14)18-23-22-17(25-18)11-16(24)21-9-8-12-4-6-15(20)7-5-12/h1-7,10H,8-9,11H2,(H,21,24). The summed E-state index contributed by atoms with van der Waals surface area (Å²) in [5.41, 5.74) is 1.91. The summed E-state index contributed by atoms with van der Waals surface area (Å²) >= 11 is 9.24. The number of hydrogen-bond donors (Lipinski definition) is 1.